The third kappa shape index (κ3) is 3.49. The van der Waals surface area contributed by atoms with Crippen LogP contribution in [0.2, 0.25) is 0 Å². The second-order valence-corrected chi connectivity index (χ2v) is 5.11. The van der Waals surface area contributed by atoms with Crippen molar-refractivity contribution in [1.29, 1.82) is 0 Å². The van der Waals surface area contributed by atoms with Crippen molar-refractivity contribution in [2.24, 2.45) is 5.73 Å². The molecule has 17 heavy (non-hydrogen) atoms. The molecule has 0 amide bonds. The Labute approximate surface area is 102 Å². The fourth-order valence-electron chi connectivity index (χ4n) is 1.83. The number of nitrogens with two attached hydrogens (primary N) is 1. The molecule has 3 N–H and O–H groups in total. The number of aromatic nitrogens is 2. The molecule has 1 aliphatic rings. The molecule has 0 bridgehead atoms. The summed E-state index contributed by atoms with van der Waals surface area (Å²) in [6.07, 6.45) is 1.16. The molecule has 0 saturated carbocycles. The SMILES string of the molecule is CC(C)(N)c1noc(CN2CCCNCC2)n1. The maximum Gasteiger partial charge on any atom is 0.240 e. The molecule has 0 spiro atoms. The summed E-state index contributed by atoms with van der Waals surface area (Å²) in [4.78, 5) is 6.66. The van der Waals surface area contributed by atoms with E-state index in [0.717, 1.165) is 32.6 Å². The smallest absolute Gasteiger partial charge is 0.240 e. The van der Waals surface area contributed by atoms with Crippen LogP contribution < -0.4 is 11.1 Å². The first kappa shape index (κ1) is 12.5. The van der Waals surface area contributed by atoms with E-state index in [9.17, 15) is 0 Å². The van der Waals surface area contributed by atoms with Crippen molar-refractivity contribution < 1.29 is 4.52 Å². The van der Waals surface area contributed by atoms with Gasteiger partial charge in [0.2, 0.25) is 5.89 Å². The molecule has 2 rings (SSSR count). The van der Waals surface area contributed by atoms with Crippen LogP contribution >= 0.6 is 0 Å². The van der Waals surface area contributed by atoms with Crippen molar-refractivity contribution in [3.05, 3.63) is 11.7 Å². The summed E-state index contributed by atoms with van der Waals surface area (Å²) in [6.45, 7) is 8.64. The van der Waals surface area contributed by atoms with Crippen molar-refractivity contribution in [3.63, 3.8) is 0 Å². The standard InChI is InChI=1S/C11H21N5O/c1-11(2,12)10-14-9(17-15-10)8-16-6-3-4-13-5-7-16/h13H,3-8,12H2,1-2H3. The van der Waals surface area contributed by atoms with Crippen molar-refractivity contribution in [2.45, 2.75) is 32.4 Å². The lowest BCUT2D eigenvalue weighted by Crippen LogP contribution is -2.30. The quantitative estimate of drug-likeness (QED) is 0.776. The van der Waals surface area contributed by atoms with E-state index in [1.807, 2.05) is 13.8 Å². The first-order valence-electron chi connectivity index (χ1n) is 6.11. The lowest BCUT2D eigenvalue weighted by atomic mass is 10.1. The van der Waals surface area contributed by atoms with Crippen LogP contribution in [0, 0.1) is 0 Å². The predicted molar refractivity (Wildman–Crippen MR) is 64.3 cm³/mol. The van der Waals surface area contributed by atoms with Gasteiger partial charge in [0.05, 0.1) is 12.1 Å². The second kappa shape index (κ2) is 5.12. The average Bonchev–Trinajstić information content (AvgIpc) is 2.56. The summed E-state index contributed by atoms with van der Waals surface area (Å²) in [5, 5.41) is 7.29. The minimum absolute atomic E-state index is 0.540. The number of rotatable bonds is 3. The number of hydrogen-bond donors (Lipinski definition) is 2. The largest absolute Gasteiger partial charge is 0.338 e. The van der Waals surface area contributed by atoms with Crippen LogP contribution in [0.3, 0.4) is 0 Å². The van der Waals surface area contributed by atoms with Gasteiger partial charge in [0.25, 0.3) is 0 Å². The van der Waals surface area contributed by atoms with Crippen molar-refractivity contribution in [1.82, 2.24) is 20.4 Å². The summed E-state index contributed by atoms with van der Waals surface area (Å²) in [6, 6.07) is 0. The molecule has 1 aliphatic heterocycles. The zero-order valence-corrected chi connectivity index (χ0v) is 10.6. The Hall–Kier alpha value is -0.980. The first-order chi connectivity index (χ1) is 8.05. The van der Waals surface area contributed by atoms with E-state index < -0.39 is 5.54 Å². The van der Waals surface area contributed by atoms with Gasteiger partial charge in [0.15, 0.2) is 5.82 Å². The summed E-state index contributed by atoms with van der Waals surface area (Å²) in [5.74, 6) is 1.22. The molecule has 96 valence electrons. The van der Waals surface area contributed by atoms with Gasteiger partial charge >= 0.3 is 0 Å². The van der Waals surface area contributed by atoms with E-state index in [-0.39, 0.29) is 0 Å². The molecule has 6 nitrogen and oxygen atoms in total. The van der Waals surface area contributed by atoms with Crippen molar-refractivity contribution in [3.8, 4) is 0 Å². The van der Waals surface area contributed by atoms with Crippen LogP contribution in [0.1, 0.15) is 32.0 Å². The Balaban J connectivity index is 1.96. The third-order valence-corrected chi connectivity index (χ3v) is 2.84. The molecule has 0 aromatic carbocycles. The minimum Gasteiger partial charge on any atom is -0.338 e. The first-order valence-corrected chi connectivity index (χ1v) is 6.11. The molecule has 0 aliphatic carbocycles. The lowest BCUT2D eigenvalue weighted by molar-refractivity contribution is 0.238. The van der Waals surface area contributed by atoms with Gasteiger partial charge in [-0.25, -0.2) is 0 Å². The Morgan fingerprint density at radius 1 is 1.41 bits per heavy atom. The van der Waals surface area contributed by atoms with Crippen LogP contribution in [0.4, 0.5) is 0 Å². The van der Waals surface area contributed by atoms with E-state index >= 15 is 0 Å². The minimum atomic E-state index is -0.540. The number of hydrogen-bond acceptors (Lipinski definition) is 6. The van der Waals surface area contributed by atoms with E-state index in [2.05, 4.69) is 20.4 Å². The van der Waals surface area contributed by atoms with Gasteiger partial charge in [-0.3, -0.25) is 4.90 Å². The summed E-state index contributed by atoms with van der Waals surface area (Å²) in [7, 11) is 0. The van der Waals surface area contributed by atoms with Crippen molar-refractivity contribution in [2.75, 3.05) is 26.2 Å². The van der Waals surface area contributed by atoms with E-state index in [4.69, 9.17) is 10.3 Å². The highest BCUT2D eigenvalue weighted by atomic mass is 16.5. The van der Waals surface area contributed by atoms with Gasteiger partial charge in [0, 0.05) is 13.1 Å². The molecule has 1 aromatic rings. The molecule has 0 unspecified atom stereocenters. The van der Waals surface area contributed by atoms with Gasteiger partial charge in [-0.2, -0.15) is 4.98 Å². The zero-order valence-electron chi connectivity index (χ0n) is 10.6. The van der Waals surface area contributed by atoms with Gasteiger partial charge < -0.3 is 15.6 Å². The predicted octanol–water partition coefficient (Wildman–Crippen LogP) is 0.0587. The van der Waals surface area contributed by atoms with E-state index in [1.165, 1.54) is 0 Å². The third-order valence-electron chi connectivity index (χ3n) is 2.84. The van der Waals surface area contributed by atoms with Gasteiger partial charge in [-0.1, -0.05) is 5.16 Å². The molecular formula is C11H21N5O. The second-order valence-electron chi connectivity index (χ2n) is 5.11. The van der Waals surface area contributed by atoms with E-state index in [0.29, 0.717) is 18.3 Å². The van der Waals surface area contributed by atoms with Crippen LogP contribution in [0.15, 0.2) is 4.52 Å². The highest BCUT2D eigenvalue weighted by Crippen LogP contribution is 2.13. The summed E-state index contributed by atoms with van der Waals surface area (Å²) < 4.78 is 5.23. The van der Waals surface area contributed by atoms with Crippen LogP contribution in [-0.2, 0) is 12.1 Å². The Morgan fingerprint density at radius 3 is 2.94 bits per heavy atom. The zero-order chi connectivity index (χ0) is 12.3. The monoisotopic (exact) mass is 239 g/mol. The molecule has 6 heteroatoms. The molecule has 0 radical (unpaired) electrons. The molecular weight excluding hydrogens is 218 g/mol. The average molecular weight is 239 g/mol. The molecule has 1 aromatic heterocycles. The Kier molecular flexibility index (Phi) is 3.76. The normalized spacial score (nSPS) is 19.2. The fourth-order valence-corrected chi connectivity index (χ4v) is 1.83. The fraction of sp³-hybridized carbons (Fsp3) is 0.818. The number of nitrogens with one attached hydrogen (secondary N) is 1. The van der Waals surface area contributed by atoms with Crippen LogP contribution in [0.5, 0.6) is 0 Å². The maximum absolute atomic E-state index is 5.92. The topological polar surface area (TPSA) is 80.2 Å². The molecule has 1 saturated heterocycles. The summed E-state index contributed by atoms with van der Waals surface area (Å²) in [5.41, 5.74) is 5.38. The molecule has 0 atom stereocenters. The Morgan fingerprint density at radius 2 is 2.24 bits per heavy atom. The summed E-state index contributed by atoms with van der Waals surface area (Å²) >= 11 is 0. The number of nitrogens with zero attached hydrogens (tertiary/aromatic N) is 3. The lowest BCUT2D eigenvalue weighted by Gasteiger charge is -2.16. The highest BCUT2D eigenvalue weighted by molar-refractivity contribution is 4.99. The molecule has 2 heterocycles. The van der Waals surface area contributed by atoms with Gasteiger partial charge in [-0.15, -0.1) is 0 Å². The van der Waals surface area contributed by atoms with Gasteiger partial charge in [-0.05, 0) is 33.4 Å². The van der Waals surface area contributed by atoms with E-state index in [1.54, 1.807) is 0 Å². The van der Waals surface area contributed by atoms with Gasteiger partial charge in [0.1, 0.15) is 0 Å². The van der Waals surface area contributed by atoms with Crippen LogP contribution in [0.25, 0.3) is 0 Å². The maximum atomic E-state index is 5.92. The van der Waals surface area contributed by atoms with Crippen molar-refractivity contribution >= 4 is 0 Å². The van der Waals surface area contributed by atoms with Crippen LogP contribution in [-0.4, -0.2) is 41.2 Å². The highest BCUT2D eigenvalue weighted by Gasteiger charge is 2.22. The molecule has 1 fully saturated rings. The Bertz CT molecular complexity index is 349.